The third-order valence-corrected chi connectivity index (χ3v) is 5.84. The van der Waals surface area contributed by atoms with Crippen molar-refractivity contribution in [2.75, 3.05) is 0 Å². The normalized spacial score (nSPS) is 44.9. The first-order chi connectivity index (χ1) is 6.57. The zero-order valence-electron chi connectivity index (χ0n) is 9.27. The van der Waals surface area contributed by atoms with E-state index >= 15 is 0 Å². The fourth-order valence-corrected chi connectivity index (χ4v) is 5.07. The van der Waals surface area contributed by atoms with E-state index in [0.717, 1.165) is 11.8 Å². The van der Waals surface area contributed by atoms with Crippen LogP contribution in [0, 0.1) is 11.8 Å². The molecule has 2 saturated carbocycles. The smallest absolute Gasteiger partial charge is 0.172 e. The van der Waals surface area contributed by atoms with Gasteiger partial charge in [-0.25, -0.2) is 0 Å². The summed E-state index contributed by atoms with van der Waals surface area (Å²) in [5.74, 6) is 1.78. The van der Waals surface area contributed by atoms with Crippen LogP contribution < -0.4 is 0 Å². The Hall–Kier alpha value is -0.383. The predicted octanol–water partition coefficient (Wildman–Crippen LogP) is 2.67. The average molecular weight is 209 g/mol. The quantitative estimate of drug-likeness (QED) is 0.610. The van der Waals surface area contributed by atoms with E-state index < -0.39 is 8.24 Å². The summed E-state index contributed by atoms with van der Waals surface area (Å²) < 4.78 is 2.40. The minimum Gasteiger partial charge on any atom is -0.302 e. The van der Waals surface area contributed by atoms with E-state index in [1.54, 1.807) is 0 Å². The summed E-state index contributed by atoms with van der Waals surface area (Å²) in [5, 5.41) is 8.97. The van der Waals surface area contributed by atoms with Gasteiger partial charge in [0.15, 0.2) is 8.24 Å². The van der Waals surface area contributed by atoms with Crippen molar-refractivity contribution in [3.05, 3.63) is 0 Å². The van der Waals surface area contributed by atoms with Crippen molar-refractivity contribution in [1.82, 2.24) is 4.67 Å². The monoisotopic (exact) mass is 209 g/mol. The average Bonchev–Trinajstić information content (AvgIpc) is 2.74. The van der Waals surface area contributed by atoms with Crippen LogP contribution >= 0.6 is 0 Å². The molecule has 3 aliphatic rings. The third kappa shape index (κ3) is 1.03. The molecule has 2 bridgehead atoms. The van der Waals surface area contributed by atoms with Crippen LogP contribution in [0.15, 0.2) is 10.3 Å². The van der Waals surface area contributed by atoms with Crippen molar-refractivity contribution in [3.8, 4) is 0 Å². The first-order valence-electron chi connectivity index (χ1n) is 5.77. The van der Waals surface area contributed by atoms with E-state index in [1.165, 1.54) is 19.3 Å². The summed E-state index contributed by atoms with van der Waals surface area (Å²) in [6.45, 7) is 7.13. The molecule has 0 N–H and O–H groups in total. The van der Waals surface area contributed by atoms with Gasteiger partial charge >= 0.3 is 0 Å². The highest BCUT2D eigenvalue weighted by molar-refractivity contribution is 6.73. The van der Waals surface area contributed by atoms with Crippen LogP contribution in [0.4, 0.5) is 0 Å². The summed E-state index contributed by atoms with van der Waals surface area (Å²) in [6, 6.07) is 1.26. The standard InChI is InChI=1S/C10H19N3Si/c1-14(2,3)13-10-8-5-4-7(6-8)9(10)11-12-13/h7-10H,4-6H2,1-3H3. The molecule has 0 aromatic rings. The lowest BCUT2D eigenvalue weighted by molar-refractivity contribution is 0.257. The molecule has 14 heavy (non-hydrogen) atoms. The first kappa shape index (κ1) is 8.89. The van der Waals surface area contributed by atoms with Gasteiger partial charge in [-0.2, -0.15) is 5.11 Å². The van der Waals surface area contributed by atoms with Gasteiger partial charge in [-0.1, -0.05) is 24.9 Å². The van der Waals surface area contributed by atoms with Crippen LogP contribution in [0.25, 0.3) is 0 Å². The van der Waals surface area contributed by atoms with Gasteiger partial charge < -0.3 is 4.67 Å². The minimum atomic E-state index is -1.27. The SMILES string of the molecule is C[Si](C)(C)N1N=NC2C3CCC(C3)C21. The summed E-state index contributed by atoms with van der Waals surface area (Å²) in [7, 11) is -1.27. The zero-order valence-corrected chi connectivity index (χ0v) is 10.3. The molecule has 1 aliphatic heterocycles. The van der Waals surface area contributed by atoms with Crippen molar-refractivity contribution in [1.29, 1.82) is 0 Å². The summed E-state index contributed by atoms with van der Waals surface area (Å²) in [6.07, 6.45) is 4.26. The molecule has 1 heterocycles. The number of fused-ring (bicyclic) bond motifs is 5. The Kier molecular flexibility index (Phi) is 1.65. The highest BCUT2D eigenvalue weighted by Crippen LogP contribution is 2.51. The van der Waals surface area contributed by atoms with Crippen LogP contribution in [0.3, 0.4) is 0 Å². The number of hydrogen-bond donors (Lipinski definition) is 0. The van der Waals surface area contributed by atoms with E-state index in [2.05, 4.69) is 34.7 Å². The van der Waals surface area contributed by atoms with Crippen molar-refractivity contribution in [2.45, 2.75) is 51.0 Å². The van der Waals surface area contributed by atoms with Gasteiger partial charge in [0.2, 0.25) is 0 Å². The summed E-state index contributed by atoms with van der Waals surface area (Å²) in [4.78, 5) is 0. The molecule has 0 spiro atoms. The molecule has 3 rings (SSSR count). The van der Waals surface area contributed by atoms with E-state index in [4.69, 9.17) is 0 Å². The van der Waals surface area contributed by atoms with E-state index in [1.807, 2.05) is 0 Å². The van der Waals surface area contributed by atoms with Crippen LogP contribution in [0.2, 0.25) is 19.6 Å². The molecule has 78 valence electrons. The lowest BCUT2D eigenvalue weighted by Crippen LogP contribution is -2.51. The minimum absolute atomic E-state index is 0.570. The Balaban J connectivity index is 1.89. The van der Waals surface area contributed by atoms with Gasteiger partial charge in [0.1, 0.15) is 0 Å². The number of rotatable bonds is 1. The second-order valence-corrected chi connectivity index (χ2v) is 10.8. The van der Waals surface area contributed by atoms with Crippen LogP contribution in [0.5, 0.6) is 0 Å². The second-order valence-electron chi connectivity index (χ2n) is 6.03. The fourth-order valence-electron chi connectivity index (χ4n) is 3.49. The molecule has 0 radical (unpaired) electrons. The molecule has 0 amide bonds. The second kappa shape index (κ2) is 2.59. The molecule has 2 aliphatic carbocycles. The molecule has 2 fully saturated rings. The van der Waals surface area contributed by atoms with Crippen molar-refractivity contribution >= 4 is 8.24 Å². The van der Waals surface area contributed by atoms with Gasteiger partial charge in [0.05, 0.1) is 12.1 Å². The third-order valence-electron chi connectivity index (χ3n) is 4.08. The van der Waals surface area contributed by atoms with Crippen LogP contribution in [-0.2, 0) is 0 Å². The van der Waals surface area contributed by atoms with Crippen molar-refractivity contribution in [3.63, 3.8) is 0 Å². The molecule has 0 aromatic heterocycles. The number of nitrogens with zero attached hydrogens (tertiary/aromatic N) is 3. The largest absolute Gasteiger partial charge is 0.302 e. The maximum absolute atomic E-state index is 4.51. The van der Waals surface area contributed by atoms with Crippen molar-refractivity contribution < 1.29 is 0 Å². The van der Waals surface area contributed by atoms with Crippen LogP contribution in [-0.4, -0.2) is 25.0 Å². The Morgan fingerprint density at radius 2 is 1.86 bits per heavy atom. The Morgan fingerprint density at radius 1 is 1.14 bits per heavy atom. The molecule has 3 nitrogen and oxygen atoms in total. The van der Waals surface area contributed by atoms with Gasteiger partial charge in [-0.15, -0.1) is 0 Å². The molecular formula is C10H19N3Si. The molecular weight excluding hydrogens is 190 g/mol. The highest BCUT2D eigenvalue weighted by atomic mass is 28.3. The molecule has 4 unspecified atom stereocenters. The van der Waals surface area contributed by atoms with Crippen LogP contribution in [0.1, 0.15) is 19.3 Å². The van der Waals surface area contributed by atoms with Gasteiger partial charge in [0, 0.05) is 0 Å². The van der Waals surface area contributed by atoms with Gasteiger partial charge in [-0.05, 0) is 31.1 Å². The first-order valence-corrected chi connectivity index (χ1v) is 9.22. The lowest BCUT2D eigenvalue weighted by Gasteiger charge is -2.36. The van der Waals surface area contributed by atoms with Crippen molar-refractivity contribution in [2.24, 2.45) is 22.2 Å². The summed E-state index contributed by atoms with van der Waals surface area (Å²) >= 11 is 0. The van der Waals surface area contributed by atoms with E-state index in [9.17, 15) is 0 Å². The Morgan fingerprint density at radius 3 is 2.57 bits per heavy atom. The summed E-state index contributed by atoms with van der Waals surface area (Å²) in [5.41, 5.74) is 0. The Bertz CT molecular complexity index is 284. The topological polar surface area (TPSA) is 28.0 Å². The molecule has 4 heteroatoms. The predicted molar refractivity (Wildman–Crippen MR) is 58.4 cm³/mol. The van der Waals surface area contributed by atoms with E-state index in [-0.39, 0.29) is 0 Å². The molecule has 0 saturated heterocycles. The van der Waals surface area contributed by atoms with E-state index in [0.29, 0.717) is 12.1 Å². The van der Waals surface area contributed by atoms with Gasteiger partial charge in [-0.3, -0.25) is 0 Å². The maximum Gasteiger partial charge on any atom is 0.172 e. The van der Waals surface area contributed by atoms with Gasteiger partial charge in [0.25, 0.3) is 0 Å². The fraction of sp³-hybridized carbons (Fsp3) is 1.00. The maximum atomic E-state index is 4.51. The zero-order chi connectivity index (χ0) is 9.92. The number of hydrogen-bond acceptors (Lipinski definition) is 3. The Labute approximate surface area is 86.6 Å². The highest BCUT2D eigenvalue weighted by Gasteiger charge is 2.55. The molecule has 0 aromatic carbocycles. The lowest BCUT2D eigenvalue weighted by atomic mass is 9.92. The molecule has 4 atom stereocenters.